The molecule has 0 saturated carbocycles. The highest BCUT2D eigenvalue weighted by atomic mass is 79.9. The van der Waals surface area contributed by atoms with Gasteiger partial charge in [0.05, 0.1) is 14.9 Å². The minimum Gasteiger partial charge on any atom is -0.306 e. The zero-order valence-corrected chi connectivity index (χ0v) is 11.2. The number of hydrogen-bond donors (Lipinski definition) is 1. The average molecular weight is 315 g/mol. The molecule has 0 radical (unpaired) electrons. The number of hydrogen-bond acceptors (Lipinski definition) is 3. The maximum absolute atomic E-state index is 12.6. The van der Waals surface area contributed by atoms with Crippen molar-refractivity contribution in [2.45, 2.75) is 6.92 Å². The van der Waals surface area contributed by atoms with E-state index in [1.807, 2.05) is 6.92 Å². The first-order chi connectivity index (χ1) is 8.06. The predicted molar refractivity (Wildman–Crippen MR) is 68.9 cm³/mol. The molecule has 6 heteroatoms. The Labute approximate surface area is 110 Å². The fourth-order valence-corrected chi connectivity index (χ4v) is 2.63. The topological polar surface area (TPSA) is 42.0 Å². The van der Waals surface area contributed by atoms with Gasteiger partial charge in [0.15, 0.2) is 0 Å². The molecule has 0 bridgehead atoms. The van der Waals surface area contributed by atoms with E-state index in [4.69, 9.17) is 0 Å². The van der Waals surface area contributed by atoms with Crippen molar-refractivity contribution >= 4 is 39.0 Å². The van der Waals surface area contributed by atoms with Crippen LogP contribution < -0.4 is 5.32 Å². The summed E-state index contributed by atoms with van der Waals surface area (Å²) >= 11 is 4.70. The van der Waals surface area contributed by atoms with Crippen molar-refractivity contribution < 1.29 is 9.18 Å². The summed E-state index contributed by atoms with van der Waals surface area (Å²) in [4.78, 5) is 16.2. The molecule has 3 nitrogen and oxygen atoms in total. The van der Waals surface area contributed by atoms with Crippen molar-refractivity contribution in [3.8, 4) is 0 Å². The monoisotopic (exact) mass is 314 g/mol. The minimum atomic E-state index is -0.433. The van der Waals surface area contributed by atoms with Crippen LogP contribution >= 0.6 is 27.3 Å². The fraction of sp³-hybridized carbons (Fsp3) is 0.0909. The molecule has 0 unspecified atom stereocenters. The molecule has 17 heavy (non-hydrogen) atoms. The molecule has 0 spiro atoms. The van der Waals surface area contributed by atoms with Gasteiger partial charge in [-0.1, -0.05) is 0 Å². The number of nitrogens with zero attached hydrogens (tertiary/aromatic N) is 1. The molecule has 0 aliphatic carbocycles. The van der Waals surface area contributed by atoms with E-state index in [1.54, 1.807) is 6.07 Å². The van der Waals surface area contributed by atoms with E-state index >= 15 is 0 Å². The third kappa shape index (κ3) is 2.89. The van der Waals surface area contributed by atoms with E-state index in [9.17, 15) is 9.18 Å². The molecule has 0 aromatic carbocycles. The Morgan fingerprint density at radius 1 is 1.53 bits per heavy atom. The van der Waals surface area contributed by atoms with E-state index in [1.165, 1.54) is 23.5 Å². The molecule has 0 fully saturated rings. The molecule has 0 aliphatic rings. The van der Waals surface area contributed by atoms with E-state index < -0.39 is 5.82 Å². The van der Waals surface area contributed by atoms with Gasteiger partial charge in [0.1, 0.15) is 11.6 Å². The Bertz CT molecular complexity index is 534. The lowest BCUT2D eigenvalue weighted by Gasteiger charge is -2.01. The van der Waals surface area contributed by atoms with Crippen LogP contribution in [0, 0.1) is 12.7 Å². The lowest BCUT2D eigenvalue weighted by atomic mass is 10.3. The van der Waals surface area contributed by atoms with E-state index in [0.717, 1.165) is 15.5 Å². The molecule has 0 saturated heterocycles. The molecule has 1 amide bonds. The summed E-state index contributed by atoms with van der Waals surface area (Å²) in [6.45, 7) is 1.91. The molecule has 0 atom stereocenters. The summed E-state index contributed by atoms with van der Waals surface area (Å²) in [5.41, 5.74) is 1.01. The summed E-state index contributed by atoms with van der Waals surface area (Å²) in [5, 5.41) is 2.60. The summed E-state index contributed by atoms with van der Waals surface area (Å²) in [6.07, 6.45) is 1.06. The zero-order valence-electron chi connectivity index (χ0n) is 8.83. The Morgan fingerprint density at radius 2 is 2.29 bits per heavy atom. The Kier molecular flexibility index (Phi) is 3.54. The van der Waals surface area contributed by atoms with Crippen LogP contribution in [-0.2, 0) is 0 Å². The Balaban J connectivity index is 2.14. The number of aryl methyl sites for hydroxylation is 1. The molecular formula is C11H8BrFN2OS. The second-order valence-electron chi connectivity index (χ2n) is 3.38. The number of nitrogens with one attached hydrogen (secondary N) is 1. The van der Waals surface area contributed by atoms with Crippen LogP contribution in [0.1, 0.15) is 15.2 Å². The maximum atomic E-state index is 12.6. The van der Waals surface area contributed by atoms with Gasteiger partial charge in [0, 0.05) is 0 Å². The predicted octanol–water partition coefficient (Wildman–Crippen LogP) is 3.61. The van der Waals surface area contributed by atoms with Crippen LogP contribution in [0.4, 0.5) is 10.2 Å². The quantitative estimate of drug-likeness (QED) is 0.920. The number of halogens is 2. The molecular weight excluding hydrogens is 307 g/mol. The van der Waals surface area contributed by atoms with Crippen molar-refractivity contribution in [1.29, 1.82) is 0 Å². The average Bonchev–Trinajstić information content (AvgIpc) is 2.63. The molecule has 2 aromatic heterocycles. The number of amides is 1. The summed E-state index contributed by atoms with van der Waals surface area (Å²) < 4.78 is 13.5. The van der Waals surface area contributed by atoms with Gasteiger partial charge in [0.25, 0.3) is 5.91 Å². The second-order valence-corrected chi connectivity index (χ2v) is 5.75. The largest absolute Gasteiger partial charge is 0.306 e. The number of thiophene rings is 1. The van der Waals surface area contributed by atoms with Gasteiger partial charge in [-0.15, -0.1) is 11.3 Å². The highest BCUT2D eigenvalue weighted by molar-refractivity contribution is 9.11. The Hall–Kier alpha value is -1.27. The van der Waals surface area contributed by atoms with Crippen LogP contribution in [0.5, 0.6) is 0 Å². The van der Waals surface area contributed by atoms with Gasteiger partial charge in [-0.05, 0) is 46.6 Å². The van der Waals surface area contributed by atoms with Crippen LogP contribution in [-0.4, -0.2) is 10.9 Å². The number of aromatic nitrogens is 1. The van der Waals surface area contributed by atoms with Gasteiger partial charge >= 0.3 is 0 Å². The molecule has 0 aliphatic heterocycles. The third-order valence-electron chi connectivity index (χ3n) is 2.05. The first-order valence-corrected chi connectivity index (χ1v) is 6.36. The summed E-state index contributed by atoms with van der Waals surface area (Å²) in [5.74, 6) is -0.348. The minimum absolute atomic E-state index is 0.247. The van der Waals surface area contributed by atoms with Gasteiger partial charge in [0.2, 0.25) is 0 Å². The van der Waals surface area contributed by atoms with Crippen LogP contribution in [0.25, 0.3) is 0 Å². The molecule has 1 N–H and O–H groups in total. The number of pyridine rings is 1. The van der Waals surface area contributed by atoms with Gasteiger partial charge in [-0.2, -0.15) is 0 Å². The molecule has 88 valence electrons. The first-order valence-electron chi connectivity index (χ1n) is 4.75. The SMILES string of the molecule is Cc1cc(C(=O)Nc2ccc(F)cn2)sc1Br. The normalized spacial score (nSPS) is 10.3. The molecule has 2 aromatic rings. The lowest BCUT2D eigenvalue weighted by Crippen LogP contribution is -2.11. The van der Waals surface area contributed by atoms with Crippen molar-refractivity contribution in [2.75, 3.05) is 5.32 Å². The maximum Gasteiger partial charge on any atom is 0.266 e. The second kappa shape index (κ2) is 4.93. The number of carbonyl (C=O) groups excluding carboxylic acids is 1. The van der Waals surface area contributed by atoms with Crippen molar-refractivity contribution in [2.24, 2.45) is 0 Å². The summed E-state index contributed by atoms with van der Waals surface area (Å²) in [7, 11) is 0. The van der Waals surface area contributed by atoms with Gasteiger partial charge < -0.3 is 5.32 Å². The molecule has 2 heterocycles. The number of rotatable bonds is 2. The Morgan fingerprint density at radius 3 is 2.82 bits per heavy atom. The highest BCUT2D eigenvalue weighted by Crippen LogP contribution is 2.27. The third-order valence-corrected chi connectivity index (χ3v) is 4.19. The van der Waals surface area contributed by atoms with E-state index in [2.05, 4.69) is 26.2 Å². The standard InChI is InChI=1S/C11H8BrFN2OS/c1-6-4-8(17-10(6)12)11(16)15-9-3-2-7(13)5-14-9/h2-5H,1H3,(H,14,15,16). The number of anilines is 1. The van der Waals surface area contributed by atoms with E-state index in [-0.39, 0.29) is 5.91 Å². The van der Waals surface area contributed by atoms with Crippen molar-refractivity contribution in [3.63, 3.8) is 0 Å². The lowest BCUT2D eigenvalue weighted by molar-refractivity contribution is 0.103. The molecule has 2 rings (SSSR count). The van der Waals surface area contributed by atoms with E-state index in [0.29, 0.717) is 10.7 Å². The van der Waals surface area contributed by atoms with Gasteiger partial charge in [-0.25, -0.2) is 9.37 Å². The first kappa shape index (κ1) is 12.2. The summed E-state index contributed by atoms with van der Waals surface area (Å²) in [6, 6.07) is 4.45. The van der Waals surface area contributed by atoms with Crippen LogP contribution in [0.3, 0.4) is 0 Å². The van der Waals surface area contributed by atoms with Crippen molar-refractivity contribution in [3.05, 3.63) is 44.4 Å². The number of carbonyl (C=O) groups is 1. The van der Waals surface area contributed by atoms with Crippen molar-refractivity contribution in [1.82, 2.24) is 4.98 Å². The van der Waals surface area contributed by atoms with Gasteiger partial charge in [-0.3, -0.25) is 4.79 Å². The highest BCUT2D eigenvalue weighted by Gasteiger charge is 2.11. The zero-order chi connectivity index (χ0) is 12.4. The smallest absolute Gasteiger partial charge is 0.266 e. The van der Waals surface area contributed by atoms with Crippen LogP contribution in [0.2, 0.25) is 0 Å². The fourth-order valence-electron chi connectivity index (χ4n) is 1.20. The van der Waals surface area contributed by atoms with Crippen LogP contribution in [0.15, 0.2) is 28.2 Å².